The molecule has 0 aromatic rings. The summed E-state index contributed by atoms with van der Waals surface area (Å²) in [7, 11) is 0. The predicted molar refractivity (Wildman–Crippen MR) is 81.3 cm³/mol. The largest absolute Gasteiger partial charge is 0.368 e. The molecule has 2 fully saturated rings. The number of hydrogen-bond acceptors (Lipinski definition) is 6. The number of rotatable bonds is 2. The van der Waals surface area contributed by atoms with E-state index in [-0.39, 0.29) is 0 Å². The van der Waals surface area contributed by atoms with Crippen LogP contribution in [0.15, 0.2) is 20.2 Å². The van der Waals surface area contributed by atoms with Crippen molar-refractivity contribution in [3.63, 3.8) is 0 Å². The molecule has 0 aliphatic carbocycles. The first-order chi connectivity index (χ1) is 10.3. The Morgan fingerprint density at radius 1 is 0.952 bits per heavy atom. The van der Waals surface area contributed by atoms with Gasteiger partial charge in [-0.25, -0.2) is 0 Å². The van der Waals surface area contributed by atoms with Crippen LogP contribution in [0.4, 0.5) is 0 Å². The maximum absolute atomic E-state index is 6.02. The minimum Gasteiger partial charge on any atom is -0.368 e. The average molecular weight is 289 g/mol. The molecule has 4 heterocycles. The van der Waals surface area contributed by atoms with Gasteiger partial charge in [-0.2, -0.15) is 0 Å². The first-order valence-electron chi connectivity index (χ1n) is 7.32. The molecule has 0 amide bonds. The van der Waals surface area contributed by atoms with Gasteiger partial charge in [0, 0.05) is 39.3 Å². The number of hydrogen-bond donors (Lipinski definition) is 1. The van der Waals surface area contributed by atoms with E-state index in [0.29, 0.717) is 5.96 Å². The van der Waals surface area contributed by atoms with E-state index < -0.39 is 0 Å². The fourth-order valence-electron chi connectivity index (χ4n) is 3.07. The Morgan fingerprint density at radius 2 is 1.67 bits per heavy atom. The molecule has 0 unspecified atom stereocenters. The van der Waals surface area contributed by atoms with Crippen LogP contribution in [0.5, 0.6) is 0 Å². The van der Waals surface area contributed by atoms with Gasteiger partial charge in [0.1, 0.15) is 6.34 Å². The molecule has 21 heavy (non-hydrogen) atoms. The van der Waals surface area contributed by atoms with E-state index in [1.807, 2.05) is 9.80 Å². The Bertz CT molecular complexity index is 549. The molecule has 0 aromatic carbocycles. The van der Waals surface area contributed by atoms with Gasteiger partial charge in [0.2, 0.25) is 17.9 Å². The second kappa shape index (κ2) is 4.90. The van der Waals surface area contributed by atoms with Crippen LogP contribution in [0.2, 0.25) is 0 Å². The molecular weight excluding hydrogens is 270 g/mol. The van der Waals surface area contributed by atoms with Crippen molar-refractivity contribution < 1.29 is 0 Å². The van der Waals surface area contributed by atoms with Crippen molar-refractivity contribution in [2.75, 3.05) is 52.4 Å². The van der Waals surface area contributed by atoms with Crippen molar-refractivity contribution in [2.24, 2.45) is 25.9 Å². The first-order valence-corrected chi connectivity index (χ1v) is 7.32. The molecule has 2 N–H and O–H groups in total. The van der Waals surface area contributed by atoms with Crippen molar-refractivity contribution >= 4 is 24.2 Å². The normalized spacial score (nSPS) is 25.0. The van der Waals surface area contributed by atoms with Crippen LogP contribution in [0, 0.1) is 0 Å². The third-order valence-corrected chi connectivity index (χ3v) is 4.14. The van der Waals surface area contributed by atoms with Gasteiger partial charge in [-0.3, -0.25) is 19.8 Å². The smallest absolute Gasteiger partial charge is 0.223 e. The zero-order chi connectivity index (χ0) is 14.2. The summed E-state index contributed by atoms with van der Waals surface area (Å²) >= 11 is 0. The summed E-state index contributed by atoms with van der Waals surface area (Å²) in [6, 6.07) is 0. The zero-order valence-corrected chi connectivity index (χ0v) is 11.9. The molecule has 0 saturated carbocycles. The van der Waals surface area contributed by atoms with Gasteiger partial charge in [-0.1, -0.05) is 0 Å². The maximum atomic E-state index is 6.02. The second-order valence-electron chi connectivity index (χ2n) is 5.37. The van der Waals surface area contributed by atoms with Crippen molar-refractivity contribution in [2.45, 2.75) is 0 Å². The standard InChI is InChI=1S/C12H19N9/c13-10(21-8-7-19-4-2-15-12(19)21)17-16-9-20-6-5-18-3-1-14-11(18)20/h9H,1-8H2,(H2,13,17)/b16-9-. The van der Waals surface area contributed by atoms with E-state index in [4.69, 9.17) is 5.73 Å². The van der Waals surface area contributed by atoms with Crippen LogP contribution in [-0.2, 0) is 0 Å². The van der Waals surface area contributed by atoms with E-state index >= 15 is 0 Å². The van der Waals surface area contributed by atoms with Crippen LogP contribution in [0.1, 0.15) is 0 Å². The molecule has 9 heteroatoms. The molecular formula is C12H19N9. The lowest BCUT2D eigenvalue weighted by Gasteiger charge is -2.16. The summed E-state index contributed by atoms with van der Waals surface area (Å²) in [5.74, 6) is 2.33. The van der Waals surface area contributed by atoms with Gasteiger partial charge in [0.15, 0.2) is 0 Å². The molecule has 9 nitrogen and oxygen atoms in total. The number of nitrogens with two attached hydrogens (primary N) is 1. The summed E-state index contributed by atoms with van der Waals surface area (Å²) in [6.07, 6.45) is 1.71. The lowest BCUT2D eigenvalue weighted by Crippen LogP contribution is -2.40. The van der Waals surface area contributed by atoms with E-state index in [9.17, 15) is 0 Å². The Kier molecular flexibility index (Phi) is 2.90. The number of guanidine groups is 3. The van der Waals surface area contributed by atoms with E-state index in [1.165, 1.54) is 0 Å². The van der Waals surface area contributed by atoms with Crippen molar-refractivity contribution in [3.05, 3.63) is 0 Å². The molecule has 0 aromatic heterocycles. The lowest BCUT2D eigenvalue weighted by molar-refractivity contribution is 0.501. The van der Waals surface area contributed by atoms with Crippen LogP contribution >= 0.6 is 0 Å². The van der Waals surface area contributed by atoms with Gasteiger partial charge in [-0.15, -0.1) is 10.2 Å². The van der Waals surface area contributed by atoms with Crippen LogP contribution in [-0.4, -0.2) is 96.2 Å². The third kappa shape index (κ3) is 2.08. The number of nitrogens with zero attached hydrogens (tertiary/aromatic N) is 8. The number of fused-ring (bicyclic) bond motifs is 2. The maximum Gasteiger partial charge on any atom is 0.223 e. The van der Waals surface area contributed by atoms with Crippen LogP contribution in [0.3, 0.4) is 0 Å². The summed E-state index contributed by atoms with van der Waals surface area (Å²) in [5, 5.41) is 8.23. The minimum atomic E-state index is 0.402. The highest BCUT2D eigenvalue weighted by Gasteiger charge is 2.31. The van der Waals surface area contributed by atoms with Gasteiger partial charge in [0.25, 0.3) is 0 Å². The summed E-state index contributed by atoms with van der Waals surface area (Å²) < 4.78 is 0. The Morgan fingerprint density at radius 3 is 2.52 bits per heavy atom. The monoisotopic (exact) mass is 289 g/mol. The van der Waals surface area contributed by atoms with Gasteiger partial charge >= 0.3 is 0 Å². The van der Waals surface area contributed by atoms with Gasteiger partial charge < -0.3 is 15.5 Å². The number of aliphatic imine (C=N–C) groups is 2. The highest BCUT2D eigenvalue weighted by Crippen LogP contribution is 2.13. The highest BCUT2D eigenvalue weighted by molar-refractivity contribution is 6.00. The van der Waals surface area contributed by atoms with Crippen molar-refractivity contribution in [3.8, 4) is 0 Å². The highest BCUT2D eigenvalue weighted by atomic mass is 15.5. The molecule has 0 radical (unpaired) electrons. The fraction of sp³-hybridized carbons (Fsp3) is 0.667. The molecule has 0 bridgehead atoms. The zero-order valence-electron chi connectivity index (χ0n) is 11.9. The Labute approximate surface area is 123 Å². The third-order valence-electron chi connectivity index (χ3n) is 4.14. The molecule has 4 aliphatic rings. The lowest BCUT2D eigenvalue weighted by atomic mass is 10.5. The second-order valence-corrected chi connectivity index (χ2v) is 5.37. The van der Waals surface area contributed by atoms with Crippen molar-refractivity contribution in [1.29, 1.82) is 0 Å². The molecule has 0 atom stereocenters. The summed E-state index contributed by atoms with van der Waals surface area (Å²) in [6.45, 7) is 7.38. The Hall–Kier alpha value is -2.32. The van der Waals surface area contributed by atoms with E-state index in [2.05, 4.69) is 30.0 Å². The quantitative estimate of drug-likeness (QED) is 0.369. The first kappa shape index (κ1) is 12.4. The molecule has 4 rings (SSSR count). The Balaban J connectivity index is 1.42. The minimum absolute atomic E-state index is 0.402. The van der Waals surface area contributed by atoms with Gasteiger partial charge in [0.05, 0.1) is 13.1 Å². The predicted octanol–water partition coefficient (Wildman–Crippen LogP) is -1.78. The summed E-state index contributed by atoms with van der Waals surface area (Å²) in [4.78, 5) is 17.3. The van der Waals surface area contributed by atoms with Crippen molar-refractivity contribution in [1.82, 2.24) is 19.6 Å². The van der Waals surface area contributed by atoms with E-state index in [1.54, 1.807) is 6.34 Å². The molecule has 112 valence electrons. The fourth-order valence-corrected chi connectivity index (χ4v) is 3.07. The van der Waals surface area contributed by atoms with Crippen LogP contribution < -0.4 is 5.73 Å². The topological polar surface area (TPSA) is 88.4 Å². The van der Waals surface area contributed by atoms with E-state index in [0.717, 1.165) is 64.3 Å². The van der Waals surface area contributed by atoms with Crippen LogP contribution in [0.25, 0.3) is 0 Å². The summed E-state index contributed by atoms with van der Waals surface area (Å²) in [5.41, 5.74) is 6.02. The molecule has 2 saturated heterocycles. The average Bonchev–Trinajstić information content (AvgIpc) is 3.20. The molecule has 4 aliphatic heterocycles. The SMILES string of the molecule is NC(=N/N=C\N1CCN2CCN=C12)N1CCN2CCN=C21. The molecule has 0 spiro atoms. The van der Waals surface area contributed by atoms with Gasteiger partial charge in [-0.05, 0) is 0 Å².